The minimum Gasteiger partial charge on any atom is -0.480 e. The molecule has 0 aromatic rings. The summed E-state index contributed by atoms with van der Waals surface area (Å²) in [5.74, 6) is -1.80. The molecule has 0 spiro atoms. The molecule has 0 bridgehead atoms. The van der Waals surface area contributed by atoms with Gasteiger partial charge in [-0.15, -0.1) is 0 Å². The summed E-state index contributed by atoms with van der Waals surface area (Å²) in [7, 11) is 1.36. The molecule has 7 nitrogen and oxygen atoms in total. The third kappa shape index (κ3) is 4.96. The van der Waals surface area contributed by atoms with Gasteiger partial charge in [0.25, 0.3) is 0 Å². The summed E-state index contributed by atoms with van der Waals surface area (Å²) in [6.07, 6.45) is -0.0982. The van der Waals surface area contributed by atoms with Crippen LogP contribution in [0.25, 0.3) is 0 Å². The van der Waals surface area contributed by atoms with Crippen LogP contribution in [0.1, 0.15) is 12.8 Å². The highest BCUT2D eigenvalue weighted by Crippen LogP contribution is 1.96. The number of carbonyl (C=O) groups excluding carboxylic acids is 2. The third-order valence-electron chi connectivity index (χ3n) is 1.51. The molecule has 7 heteroatoms. The number of carboxylic acid groups (broad SMARTS) is 1. The summed E-state index contributed by atoms with van der Waals surface area (Å²) >= 11 is 0. The lowest BCUT2D eigenvalue weighted by molar-refractivity contribution is -0.139. The van der Waals surface area contributed by atoms with Gasteiger partial charge < -0.3 is 21.5 Å². The summed E-state index contributed by atoms with van der Waals surface area (Å²) in [4.78, 5) is 31.7. The maximum Gasteiger partial charge on any atom is 0.326 e. The number of hydrogen-bond donors (Lipinski definition) is 4. The number of nitrogens with two attached hydrogens (primary N) is 1. The Hall–Kier alpha value is -1.79. The van der Waals surface area contributed by atoms with E-state index >= 15 is 0 Å². The number of urea groups is 1. The highest BCUT2D eigenvalue weighted by molar-refractivity contribution is 5.83. The Kier molecular flexibility index (Phi) is 5.05. The van der Waals surface area contributed by atoms with Gasteiger partial charge in [0.1, 0.15) is 6.04 Å². The van der Waals surface area contributed by atoms with E-state index in [0.717, 1.165) is 0 Å². The first-order valence-electron chi connectivity index (χ1n) is 3.96. The molecule has 0 radical (unpaired) electrons. The standard InChI is InChI=1S/C7H13N3O4/c1-9-7(14)10-4(6(12)13)2-3-5(8)11/h4H,2-3H2,1H3,(H2,8,11)(H,12,13)(H2,9,10,14). The van der Waals surface area contributed by atoms with Gasteiger partial charge in [-0.2, -0.15) is 0 Å². The van der Waals surface area contributed by atoms with Crippen LogP contribution in [0.4, 0.5) is 4.79 Å². The Balaban J connectivity index is 4.09. The van der Waals surface area contributed by atoms with E-state index in [4.69, 9.17) is 10.8 Å². The molecule has 5 N–H and O–H groups in total. The van der Waals surface area contributed by atoms with Gasteiger partial charge in [0, 0.05) is 13.5 Å². The molecule has 0 saturated carbocycles. The number of carboxylic acids is 1. The van der Waals surface area contributed by atoms with Crippen LogP contribution in [0, 0.1) is 0 Å². The van der Waals surface area contributed by atoms with Crippen molar-refractivity contribution in [2.24, 2.45) is 5.73 Å². The lowest BCUT2D eigenvalue weighted by Crippen LogP contribution is -2.45. The molecule has 14 heavy (non-hydrogen) atoms. The molecule has 0 aliphatic rings. The van der Waals surface area contributed by atoms with Crippen LogP contribution in [0.15, 0.2) is 0 Å². The minimum absolute atomic E-state index is 0.0158. The van der Waals surface area contributed by atoms with Crippen molar-refractivity contribution in [3.63, 3.8) is 0 Å². The number of carbonyl (C=O) groups is 3. The molecule has 0 aliphatic carbocycles. The van der Waals surface area contributed by atoms with Gasteiger partial charge in [-0.05, 0) is 6.42 Å². The van der Waals surface area contributed by atoms with Crippen molar-refractivity contribution < 1.29 is 19.5 Å². The average molecular weight is 203 g/mol. The van der Waals surface area contributed by atoms with E-state index in [0.29, 0.717) is 0 Å². The van der Waals surface area contributed by atoms with Gasteiger partial charge in [0.05, 0.1) is 0 Å². The van der Waals surface area contributed by atoms with Crippen LogP contribution in [0.3, 0.4) is 0 Å². The van der Waals surface area contributed by atoms with E-state index in [1.807, 2.05) is 0 Å². The highest BCUT2D eigenvalue weighted by atomic mass is 16.4. The van der Waals surface area contributed by atoms with Gasteiger partial charge in [-0.3, -0.25) is 4.79 Å². The number of nitrogens with one attached hydrogen (secondary N) is 2. The number of amides is 3. The second-order valence-corrected chi connectivity index (χ2v) is 2.62. The van der Waals surface area contributed by atoms with Gasteiger partial charge in [0.2, 0.25) is 5.91 Å². The Labute approximate surface area is 80.6 Å². The third-order valence-corrected chi connectivity index (χ3v) is 1.51. The van der Waals surface area contributed by atoms with Crippen molar-refractivity contribution >= 4 is 17.9 Å². The first-order valence-corrected chi connectivity index (χ1v) is 3.96. The average Bonchev–Trinajstić information content (AvgIpc) is 2.10. The molecule has 1 unspecified atom stereocenters. The van der Waals surface area contributed by atoms with Crippen LogP contribution in [0.2, 0.25) is 0 Å². The quantitative estimate of drug-likeness (QED) is 0.440. The van der Waals surface area contributed by atoms with Crippen molar-refractivity contribution in [2.45, 2.75) is 18.9 Å². The smallest absolute Gasteiger partial charge is 0.326 e. The lowest BCUT2D eigenvalue weighted by atomic mass is 10.1. The zero-order valence-corrected chi connectivity index (χ0v) is 7.74. The molecule has 1 atom stereocenters. The fourth-order valence-corrected chi connectivity index (χ4v) is 0.774. The maximum absolute atomic E-state index is 10.8. The van der Waals surface area contributed by atoms with Crippen molar-refractivity contribution in [1.29, 1.82) is 0 Å². The van der Waals surface area contributed by atoms with Gasteiger partial charge in [-0.1, -0.05) is 0 Å². The normalized spacial score (nSPS) is 11.5. The molecule has 0 aromatic heterocycles. The monoisotopic (exact) mass is 203 g/mol. The number of hydrogen-bond acceptors (Lipinski definition) is 3. The predicted molar refractivity (Wildman–Crippen MR) is 47.4 cm³/mol. The van der Waals surface area contributed by atoms with Crippen LogP contribution in [-0.4, -0.2) is 36.1 Å². The van der Waals surface area contributed by atoms with Gasteiger partial charge >= 0.3 is 12.0 Å². The molecule has 0 rings (SSSR count). The van der Waals surface area contributed by atoms with Crippen molar-refractivity contribution in [2.75, 3.05) is 7.05 Å². The van der Waals surface area contributed by atoms with E-state index in [1.165, 1.54) is 7.05 Å². The summed E-state index contributed by atoms with van der Waals surface area (Å²) < 4.78 is 0. The van der Waals surface area contributed by atoms with Crippen molar-refractivity contribution in [3.8, 4) is 0 Å². The summed E-state index contributed by atoms with van der Waals surface area (Å²) in [5.41, 5.74) is 4.84. The first kappa shape index (κ1) is 12.2. The molecule has 0 fully saturated rings. The fraction of sp³-hybridized carbons (Fsp3) is 0.571. The van der Waals surface area contributed by atoms with Crippen molar-refractivity contribution in [3.05, 3.63) is 0 Å². The summed E-state index contributed by atoms with van der Waals surface area (Å²) in [6, 6.07) is -1.70. The Morgan fingerprint density at radius 3 is 2.36 bits per heavy atom. The molecule has 80 valence electrons. The largest absolute Gasteiger partial charge is 0.480 e. The Bertz CT molecular complexity index is 241. The number of aliphatic carboxylic acids is 1. The van der Waals surface area contributed by atoms with Crippen molar-refractivity contribution in [1.82, 2.24) is 10.6 Å². The molecular formula is C7H13N3O4. The molecule has 0 heterocycles. The van der Waals surface area contributed by atoms with Crippen LogP contribution >= 0.6 is 0 Å². The van der Waals surface area contributed by atoms with Gasteiger partial charge in [-0.25, -0.2) is 9.59 Å². The molecule has 0 saturated heterocycles. The SMILES string of the molecule is CNC(=O)NC(CCC(N)=O)C(=O)O. The van der Waals surface area contributed by atoms with E-state index in [-0.39, 0.29) is 12.8 Å². The minimum atomic E-state index is -1.20. The van der Waals surface area contributed by atoms with E-state index < -0.39 is 23.9 Å². The lowest BCUT2D eigenvalue weighted by Gasteiger charge is -2.12. The van der Waals surface area contributed by atoms with E-state index in [2.05, 4.69) is 10.6 Å². The second kappa shape index (κ2) is 5.79. The Morgan fingerprint density at radius 1 is 1.43 bits per heavy atom. The molecule has 0 aliphatic heterocycles. The van der Waals surface area contributed by atoms with Crippen LogP contribution < -0.4 is 16.4 Å². The van der Waals surface area contributed by atoms with E-state index in [9.17, 15) is 14.4 Å². The topological polar surface area (TPSA) is 122 Å². The zero-order valence-electron chi connectivity index (χ0n) is 7.74. The molecule has 3 amide bonds. The highest BCUT2D eigenvalue weighted by Gasteiger charge is 2.19. The zero-order chi connectivity index (χ0) is 11.1. The predicted octanol–water partition coefficient (Wildman–Crippen LogP) is -1.37. The van der Waals surface area contributed by atoms with Crippen LogP contribution in [-0.2, 0) is 9.59 Å². The fourth-order valence-electron chi connectivity index (χ4n) is 0.774. The Morgan fingerprint density at radius 2 is 2.00 bits per heavy atom. The summed E-state index contributed by atoms with van der Waals surface area (Å²) in [6.45, 7) is 0. The number of primary amides is 1. The molecular weight excluding hydrogens is 190 g/mol. The van der Waals surface area contributed by atoms with Crippen LogP contribution in [0.5, 0.6) is 0 Å². The van der Waals surface area contributed by atoms with E-state index in [1.54, 1.807) is 0 Å². The summed E-state index contributed by atoms with van der Waals surface area (Å²) in [5, 5.41) is 13.0. The van der Waals surface area contributed by atoms with Gasteiger partial charge in [0.15, 0.2) is 0 Å². The second-order valence-electron chi connectivity index (χ2n) is 2.62. The first-order chi connectivity index (χ1) is 6.47. The number of rotatable bonds is 5. The molecule has 0 aromatic carbocycles. The maximum atomic E-state index is 10.8.